The van der Waals surface area contributed by atoms with Gasteiger partial charge in [0.05, 0.1) is 34.2 Å². The predicted octanol–water partition coefficient (Wildman–Crippen LogP) is 3.63. The van der Waals surface area contributed by atoms with Gasteiger partial charge in [0.1, 0.15) is 0 Å². The molecule has 148 valence electrons. The molecule has 0 saturated carbocycles. The van der Waals surface area contributed by atoms with Crippen molar-refractivity contribution in [2.24, 2.45) is 10.9 Å². The van der Waals surface area contributed by atoms with Crippen molar-refractivity contribution < 1.29 is 24.2 Å². The third-order valence-electron chi connectivity index (χ3n) is 3.88. The molecule has 0 heterocycles. The zero-order valence-corrected chi connectivity index (χ0v) is 16.6. The van der Waals surface area contributed by atoms with Crippen LogP contribution in [0.15, 0.2) is 41.6 Å². The van der Waals surface area contributed by atoms with Gasteiger partial charge in [0.25, 0.3) is 0 Å². The Kier molecular flexibility index (Phi) is 8.95. The minimum Gasteiger partial charge on any atom is -0.493 e. The maximum Gasteiger partial charge on any atom is 0.161 e. The Morgan fingerprint density at radius 3 is 1.78 bits per heavy atom. The molecule has 2 aromatic rings. The number of ether oxygens (including phenoxy) is 4. The summed E-state index contributed by atoms with van der Waals surface area (Å²) >= 11 is 0. The van der Waals surface area contributed by atoms with Gasteiger partial charge >= 0.3 is 0 Å². The molecule has 0 spiro atoms. The molecule has 0 radical (unpaired) electrons. The number of oxime groups is 1. The lowest BCUT2D eigenvalue weighted by Crippen LogP contribution is -2.05. The molecule has 0 aromatic heterocycles. The molecule has 0 aliphatic carbocycles. The fraction of sp³-hybridized carbons (Fsp3) is 0.350. The molecule has 0 aliphatic heterocycles. The van der Waals surface area contributed by atoms with Crippen LogP contribution in [0.1, 0.15) is 31.0 Å². The molecule has 1 atom stereocenters. The summed E-state index contributed by atoms with van der Waals surface area (Å²) in [7, 11) is 6.36. The van der Waals surface area contributed by atoms with Crippen LogP contribution in [-0.2, 0) is 0 Å². The molecule has 1 unspecified atom stereocenters. The maximum absolute atomic E-state index is 8.59. The highest BCUT2D eigenvalue weighted by Crippen LogP contribution is 2.29. The largest absolute Gasteiger partial charge is 0.493 e. The molecule has 0 fully saturated rings. The minimum atomic E-state index is 0.0137. The number of benzene rings is 2. The van der Waals surface area contributed by atoms with Gasteiger partial charge in [-0.1, -0.05) is 11.2 Å². The summed E-state index contributed by atoms with van der Waals surface area (Å²) < 4.78 is 20.4. The van der Waals surface area contributed by atoms with E-state index in [0.717, 1.165) is 22.6 Å². The van der Waals surface area contributed by atoms with Crippen molar-refractivity contribution in [3.8, 4) is 23.0 Å². The van der Waals surface area contributed by atoms with Gasteiger partial charge in [-0.2, -0.15) is 0 Å². The summed E-state index contributed by atoms with van der Waals surface area (Å²) in [5.41, 5.74) is 8.10. The van der Waals surface area contributed by atoms with Gasteiger partial charge in [-0.25, -0.2) is 0 Å². The highest BCUT2D eigenvalue weighted by molar-refractivity contribution is 5.98. The van der Waals surface area contributed by atoms with E-state index in [-0.39, 0.29) is 6.04 Å². The number of hydrogen-bond acceptors (Lipinski definition) is 7. The molecule has 0 saturated heterocycles. The van der Waals surface area contributed by atoms with Gasteiger partial charge in [0.2, 0.25) is 0 Å². The summed E-state index contributed by atoms with van der Waals surface area (Å²) in [4.78, 5) is 0. The second kappa shape index (κ2) is 10.9. The van der Waals surface area contributed by atoms with Crippen LogP contribution in [0.4, 0.5) is 0 Å². The van der Waals surface area contributed by atoms with Crippen molar-refractivity contribution in [3.05, 3.63) is 47.5 Å². The van der Waals surface area contributed by atoms with Gasteiger partial charge in [-0.15, -0.1) is 0 Å². The van der Waals surface area contributed by atoms with Crippen LogP contribution < -0.4 is 24.7 Å². The van der Waals surface area contributed by atoms with Gasteiger partial charge in [0, 0.05) is 11.6 Å². The normalized spacial score (nSPS) is 11.7. The van der Waals surface area contributed by atoms with Crippen molar-refractivity contribution in [2.75, 3.05) is 28.4 Å². The van der Waals surface area contributed by atoms with Crippen LogP contribution in [0.2, 0.25) is 0 Å². The lowest BCUT2D eigenvalue weighted by Gasteiger charge is -2.11. The third kappa shape index (κ3) is 6.07. The van der Waals surface area contributed by atoms with Crippen molar-refractivity contribution in [3.63, 3.8) is 0 Å². The quantitative estimate of drug-likeness (QED) is 0.454. The first kappa shape index (κ1) is 22.1. The van der Waals surface area contributed by atoms with E-state index in [1.54, 1.807) is 53.6 Å². The van der Waals surface area contributed by atoms with Gasteiger partial charge in [-0.3, -0.25) is 0 Å². The fourth-order valence-corrected chi connectivity index (χ4v) is 2.26. The molecule has 7 heteroatoms. The minimum absolute atomic E-state index is 0.0137. The van der Waals surface area contributed by atoms with Crippen LogP contribution in [0.25, 0.3) is 0 Å². The van der Waals surface area contributed by atoms with Crippen molar-refractivity contribution in [1.29, 1.82) is 0 Å². The van der Waals surface area contributed by atoms with E-state index in [1.165, 1.54) is 0 Å². The molecule has 0 aliphatic rings. The van der Waals surface area contributed by atoms with Crippen LogP contribution in [0.5, 0.6) is 23.0 Å². The standard InChI is InChI=1S/C10H13NO3.C10H15NO2/c1-7(11-12)8-4-5-9(13-2)10(6-8)14-3;1-7(11)8-4-5-9(12-2)10(6-8)13-3/h4-6,12H,1-3H3;4-7H,11H2,1-3H3. The van der Waals surface area contributed by atoms with E-state index in [1.807, 2.05) is 25.1 Å². The highest BCUT2D eigenvalue weighted by Gasteiger charge is 2.07. The molecule has 2 aromatic carbocycles. The molecule has 2 rings (SSSR count). The summed E-state index contributed by atoms with van der Waals surface area (Å²) in [5.74, 6) is 2.72. The highest BCUT2D eigenvalue weighted by atomic mass is 16.5. The topological polar surface area (TPSA) is 95.5 Å². The van der Waals surface area contributed by atoms with E-state index < -0.39 is 0 Å². The first-order valence-electron chi connectivity index (χ1n) is 8.30. The summed E-state index contributed by atoms with van der Waals surface area (Å²) in [6, 6.07) is 11.0. The van der Waals surface area contributed by atoms with Crippen LogP contribution in [0, 0.1) is 0 Å². The lowest BCUT2D eigenvalue weighted by atomic mass is 10.1. The zero-order chi connectivity index (χ0) is 20.4. The number of rotatable bonds is 6. The molecule has 27 heavy (non-hydrogen) atoms. The van der Waals surface area contributed by atoms with Crippen LogP contribution in [0.3, 0.4) is 0 Å². The molecule has 0 amide bonds. The van der Waals surface area contributed by atoms with Crippen molar-refractivity contribution >= 4 is 5.71 Å². The van der Waals surface area contributed by atoms with E-state index in [9.17, 15) is 0 Å². The average Bonchev–Trinajstić information content (AvgIpc) is 2.72. The molecule has 0 bridgehead atoms. The summed E-state index contributed by atoms with van der Waals surface area (Å²) in [6.07, 6.45) is 0. The van der Waals surface area contributed by atoms with Gasteiger partial charge in [-0.05, 0) is 49.7 Å². The number of nitrogens with zero attached hydrogens (tertiary/aromatic N) is 1. The second-order valence-corrected chi connectivity index (χ2v) is 5.66. The Morgan fingerprint density at radius 1 is 0.852 bits per heavy atom. The average molecular weight is 376 g/mol. The predicted molar refractivity (Wildman–Crippen MR) is 106 cm³/mol. The first-order chi connectivity index (χ1) is 12.9. The van der Waals surface area contributed by atoms with Crippen LogP contribution >= 0.6 is 0 Å². The fourth-order valence-electron chi connectivity index (χ4n) is 2.26. The Hall–Kier alpha value is -2.93. The number of hydrogen-bond donors (Lipinski definition) is 2. The van der Waals surface area contributed by atoms with E-state index in [2.05, 4.69) is 5.16 Å². The van der Waals surface area contributed by atoms with E-state index >= 15 is 0 Å². The molecular formula is C20H28N2O5. The Balaban J connectivity index is 0.000000271. The third-order valence-corrected chi connectivity index (χ3v) is 3.88. The first-order valence-corrected chi connectivity index (χ1v) is 8.30. The Labute approximate surface area is 160 Å². The molecule has 3 N–H and O–H groups in total. The smallest absolute Gasteiger partial charge is 0.161 e. The van der Waals surface area contributed by atoms with Crippen LogP contribution in [-0.4, -0.2) is 39.4 Å². The molecule has 7 nitrogen and oxygen atoms in total. The maximum atomic E-state index is 8.59. The summed E-state index contributed by atoms with van der Waals surface area (Å²) in [6.45, 7) is 3.64. The SMILES string of the molecule is COc1ccc(C(C)=NO)cc1OC.COc1ccc(C(C)N)cc1OC. The Bertz CT molecular complexity index is 760. The van der Waals surface area contributed by atoms with Crippen molar-refractivity contribution in [2.45, 2.75) is 19.9 Å². The number of methoxy groups -OCH3 is 4. The summed E-state index contributed by atoms with van der Waals surface area (Å²) in [5, 5.41) is 11.7. The number of nitrogens with two attached hydrogens (primary N) is 1. The van der Waals surface area contributed by atoms with Gasteiger partial charge < -0.3 is 29.9 Å². The molecular weight excluding hydrogens is 348 g/mol. The van der Waals surface area contributed by atoms with Crippen molar-refractivity contribution in [1.82, 2.24) is 0 Å². The lowest BCUT2D eigenvalue weighted by molar-refractivity contribution is 0.319. The van der Waals surface area contributed by atoms with E-state index in [4.69, 9.17) is 29.9 Å². The van der Waals surface area contributed by atoms with E-state index in [0.29, 0.717) is 17.2 Å². The Morgan fingerprint density at radius 2 is 1.33 bits per heavy atom. The monoisotopic (exact) mass is 376 g/mol. The van der Waals surface area contributed by atoms with Gasteiger partial charge in [0.15, 0.2) is 23.0 Å². The second-order valence-electron chi connectivity index (χ2n) is 5.66. The zero-order valence-electron chi connectivity index (χ0n) is 16.6.